The van der Waals surface area contributed by atoms with Crippen LogP contribution in [0.15, 0.2) is 12.2 Å². The molecule has 1 atom stereocenters. The second-order valence-electron chi connectivity index (χ2n) is 2.37. The van der Waals surface area contributed by atoms with Crippen LogP contribution in [0.1, 0.15) is 19.3 Å². The Labute approximate surface area is 80.3 Å². The third-order valence-corrected chi connectivity index (χ3v) is 1.29. The Hall–Kier alpha value is -0.490. The van der Waals surface area contributed by atoms with Crippen LogP contribution in [0.5, 0.6) is 0 Å². The minimum atomic E-state index is -0.221. The van der Waals surface area contributed by atoms with Crippen molar-refractivity contribution in [3.8, 4) is 12.3 Å². The summed E-state index contributed by atoms with van der Waals surface area (Å²) >= 11 is 0. The molecule has 0 aliphatic carbocycles. The van der Waals surface area contributed by atoms with E-state index in [4.69, 9.17) is 17.3 Å². The average Bonchev–Trinajstić information content (AvgIpc) is 2.04. The highest BCUT2D eigenvalue weighted by Crippen LogP contribution is 1.95. The van der Waals surface area contributed by atoms with Gasteiger partial charge in [-0.05, 0) is 12.8 Å². The van der Waals surface area contributed by atoms with Crippen molar-refractivity contribution in [2.24, 2.45) is 5.73 Å². The van der Waals surface area contributed by atoms with Crippen LogP contribution in [0.3, 0.4) is 0 Å². The van der Waals surface area contributed by atoms with E-state index in [0.29, 0.717) is 0 Å². The maximum Gasteiger partial charge on any atom is 0.0618 e. The van der Waals surface area contributed by atoms with Crippen LogP contribution in [-0.2, 0) is 0 Å². The van der Waals surface area contributed by atoms with Crippen LogP contribution >= 0.6 is 12.4 Å². The minimum absolute atomic E-state index is 0. The molecule has 0 amide bonds. The molecule has 70 valence electrons. The fourth-order valence-electron chi connectivity index (χ4n) is 0.654. The normalized spacial score (nSPS) is 12.1. The zero-order valence-corrected chi connectivity index (χ0v) is 7.89. The summed E-state index contributed by atoms with van der Waals surface area (Å²) in [5.74, 6) is 2.56. The van der Waals surface area contributed by atoms with Gasteiger partial charge in [0.2, 0.25) is 0 Å². The minimum Gasteiger partial charge on any atom is -0.394 e. The van der Waals surface area contributed by atoms with Gasteiger partial charge in [-0.2, -0.15) is 0 Å². The molecule has 12 heavy (non-hydrogen) atoms. The molecule has 0 spiro atoms. The van der Waals surface area contributed by atoms with Crippen LogP contribution in [0.25, 0.3) is 0 Å². The largest absolute Gasteiger partial charge is 0.394 e. The number of aliphatic hydroxyl groups is 1. The first-order valence-electron chi connectivity index (χ1n) is 3.77. The molecule has 0 saturated heterocycles. The molecule has 0 heterocycles. The number of terminal acetylenes is 1. The second-order valence-corrected chi connectivity index (χ2v) is 2.37. The standard InChI is InChI=1S/C9H15NO.ClH/c1-2-3-4-5-6-7-9(10)8-11;/h1,6-7,9,11H,3-5,8,10H2;1H. The molecule has 1 unspecified atom stereocenters. The SMILES string of the molecule is C#CCCCC=CC(N)CO.Cl. The van der Waals surface area contributed by atoms with Crippen molar-refractivity contribution >= 4 is 12.4 Å². The van der Waals surface area contributed by atoms with Gasteiger partial charge in [-0.25, -0.2) is 0 Å². The summed E-state index contributed by atoms with van der Waals surface area (Å²) in [6.45, 7) is 0.00559. The summed E-state index contributed by atoms with van der Waals surface area (Å²) in [7, 11) is 0. The van der Waals surface area contributed by atoms with Gasteiger partial charge in [0.1, 0.15) is 0 Å². The third-order valence-electron chi connectivity index (χ3n) is 1.29. The van der Waals surface area contributed by atoms with Gasteiger partial charge in [-0.1, -0.05) is 12.2 Å². The quantitative estimate of drug-likeness (QED) is 0.387. The Kier molecular flexibility index (Phi) is 12.3. The summed E-state index contributed by atoms with van der Waals surface area (Å²) in [6, 6.07) is -0.221. The van der Waals surface area contributed by atoms with Crippen molar-refractivity contribution < 1.29 is 5.11 Å². The van der Waals surface area contributed by atoms with Crippen molar-refractivity contribution in [2.45, 2.75) is 25.3 Å². The molecule has 0 rings (SSSR count). The molecule has 0 aliphatic heterocycles. The maximum atomic E-state index is 8.53. The molecule has 0 saturated carbocycles. The topological polar surface area (TPSA) is 46.2 Å². The van der Waals surface area contributed by atoms with E-state index in [1.807, 2.05) is 6.08 Å². The Morgan fingerprint density at radius 1 is 1.58 bits per heavy atom. The Balaban J connectivity index is 0. The summed E-state index contributed by atoms with van der Waals surface area (Å²) in [4.78, 5) is 0. The highest BCUT2D eigenvalue weighted by molar-refractivity contribution is 5.85. The molecular weight excluding hydrogens is 174 g/mol. The molecule has 2 nitrogen and oxygen atoms in total. The van der Waals surface area contributed by atoms with E-state index in [1.165, 1.54) is 0 Å². The number of hydrogen-bond donors (Lipinski definition) is 2. The highest BCUT2D eigenvalue weighted by Gasteiger charge is 1.90. The van der Waals surface area contributed by atoms with Crippen LogP contribution in [0, 0.1) is 12.3 Å². The van der Waals surface area contributed by atoms with Gasteiger partial charge >= 0.3 is 0 Å². The molecule has 0 aliphatic rings. The summed E-state index contributed by atoms with van der Waals surface area (Å²) in [5.41, 5.74) is 5.41. The second kappa shape index (κ2) is 10.5. The van der Waals surface area contributed by atoms with E-state index in [9.17, 15) is 0 Å². The van der Waals surface area contributed by atoms with E-state index >= 15 is 0 Å². The molecule has 0 aromatic carbocycles. The van der Waals surface area contributed by atoms with E-state index in [2.05, 4.69) is 5.92 Å². The molecule has 0 bridgehead atoms. The van der Waals surface area contributed by atoms with Gasteiger partial charge in [0.05, 0.1) is 6.61 Å². The summed E-state index contributed by atoms with van der Waals surface area (Å²) < 4.78 is 0. The predicted molar refractivity (Wildman–Crippen MR) is 54.1 cm³/mol. The van der Waals surface area contributed by atoms with E-state index in [-0.39, 0.29) is 25.1 Å². The number of unbranched alkanes of at least 4 members (excludes halogenated alkanes) is 2. The van der Waals surface area contributed by atoms with E-state index < -0.39 is 0 Å². The number of nitrogens with two attached hydrogens (primary N) is 1. The van der Waals surface area contributed by atoms with Crippen molar-refractivity contribution in [1.82, 2.24) is 0 Å². The molecule has 0 radical (unpaired) electrons. The van der Waals surface area contributed by atoms with Gasteiger partial charge in [0, 0.05) is 12.5 Å². The van der Waals surface area contributed by atoms with E-state index in [1.54, 1.807) is 6.08 Å². The van der Waals surface area contributed by atoms with Crippen LogP contribution in [0.2, 0.25) is 0 Å². The average molecular weight is 190 g/mol. The monoisotopic (exact) mass is 189 g/mol. The first-order valence-corrected chi connectivity index (χ1v) is 3.77. The molecule has 3 N–H and O–H groups in total. The van der Waals surface area contributed by atoms with Crippen LogP contribution in [0.4, 0.5) is 0 Å². The smallest absolute Gasteiger partial charge is 0.0618 e. The first-order chi connectivity index (χ1) is 5.31. The molecule has 0 fully saturated rings. The van der Waals surface area contributed by atoms with Crippen molar-refractivity contribution in [2.75, 3.05) is 6.61 Å². The van der Waals surface area contributed by atoms with Gasteiger partial charge in [-0.15, -0.1) is 24.8 Å². The van der Waals surface area contributed by atoms with Gasteiger partial charge in [0.15, 0.2) is 0 Å². The lowest BCUT2D eigenvalue weighted by Gasteiger charge is -1.98. The van der Waals surface area contributed by atoms with Gasteiger partial charge in [-0.3, -0.25) is 0 Å². The number of hydrogen-bond acceptors (Lipinski definition) is 2. The van der Waals surface area contributed by atoms with Gasteiger partial charge in [0.25, 0.3) is 0 Å². The summed E-state index contributed by atoms with van der Waals surface area (Å²) in [5, 5.41) is 8.53. The molecular formula is C9H16ClNO. The molecule has 0 aromatic rings. The van der Waals surface area contributed by atoms with E-state index in [0.717, 1.165) is 19.3 Å². The van der Waals surface area contributed by atoms with Crippen LogP contribution < -0.4 is 5.73 Å². The lowest BCUT2D eigenvalue weighted by atomic mass is 10.2. The van der Waals surface area contributed by atoms with Crippen molar-refractivity contribution in [3.05, 3.63) is 12.2 Å². The van der Waals surface area contributed by atoms with Crippen molar-refractivity contribution in [1.29, 1.82) is 0 Å². The lowest BCUT2D eigenvalue weighted by Crippen LogP contribution is -2.20. The Morgan fingerprint density at radius 2 is 2.25 bits per heavy atom. The Bertz CT molecular complexity index is 151. The van der Waals surface area contributed by atoms with Gasteiger partial charge < -0.3 is 10.8 Å². The first kappa shape index (κ1) is 14.1. The maximum absolute atomic E-state index is 8.53. The van der Waals surface area contributed by atoms with Crippen LogP contribution in [-0.4, -0.2) is 17.8 Å². The zero-order chi connectivity index (χ0) is 8.53. The predicted octanol–water partition coefficient (Wildman–Crippen LogP) is 1.09. The summed E-state index contributed by atoms with van der Waals surface area (Å²) in [6.07, 6.45) is 11.6. The number of rotatable bonds is 5. The fraction of sp³-hybridized carbons (Fsp3) is 0.556. The Morgan fingerprint density at radius 3 is 2.75 bits per heavy atom. The van der Waals surface area contributed by atoms with Crippen molar-refractivity contribution in [3.63, 3.8) is 0 Å². The highest BCUT2D eigenvalue weighted by atomic mass is 35.5. The zero-order valence-electron chi connectivity index (χ0n) is 7.07. The number of allylic oxidation sites excluding steroid dienone is 1. The number of aliphatic hydroxyl groups excluding tert-OH is 1. The number of halogens is 1. The lowest BCUT2D eigenvalue weighted by molar-refractivity contribution is 0.284. The molecule has 3 heteroatoms. The molecule has 0 aromatic heterocycles. The fourth-order valence-corrected chi connectivity index (χ4v) is 0.654. The third kappa shape index (κ3) is 9.51.